The van der Waals surface area contributed by atoms with Gasteiger partial charge in [-0.2, -0.15) is 5.10 Å². The molecule has 0 aliphatic rings. The quantitative estimate of drug-likeness (QED) is 0.934. The van der Waals surface area contributed by atoms with Crippen LogP contribution in [0.3, 0.4) is 0 Å². The van der Waals surface area contributed by atoms with Gasteiger partial charge in [-0.1, -0.05) is 0 Å². The van der Waals surface area contributed by atoms with Crippen LogP contribution in [-0.2, 0) is 13.6 Å². The summed E-state index contributed by atoms with van der Waals surface area (Å²) in [6.07, 6.45) is 0. The largest absolute Gasteiger partial charge is 0.345 e. The molecule has 19 heavy (non-hydrogen) atoms. The van der Waals surface area contributed by atoms with Gasteiger partial charge in [0.25, 0.3) is 5.91 Å². The van der Waals surface area contributed by atoms with Crippen LogP contribution < -0.4 is 5.32 Å². The van der Waals surface area contributed by atoms with Crippen LogP contribution in [0.1, 0.15) is 37.3 Å². The second-order valence-corrected chi connectivity index (χ2v) is 5.89. The fourth-order valence-electron chi connectivity index (χ4n) is 1.96. The van der Waals surface area contributed by atoms with Crippen molar-refractivity contribution >= 4 is 17.2 Å². The van der Waals surface area contributed by atoms with Crippen molar-refractivity contribution in [3.63, 3.8) is 0 Å². The van der Waals surface area contributed by atoms with Crippen LogP contribution in [0.25, 0.3) is 0 Å². The van der Waals surface area contributed by atoms with Crippen molar-refractivity contribution in [3.05, 3.63) is 32.5 Å². The van der Waals surface area contributed by atoms with Crippen LogP contribution in [0.5, 0.6) is 0 Å². The zero-order valence-electron chi connectivity index (χ0n) is 11.9. The highest BCUT2D eigenvalue weighted by Gasteiger charge is 2.17. The predicted molar refractivity (Wildman–Crippen MR) is 75.4 cm³/mol. The number of aromatic nitrogens is 3. The van der Waals surface area contributed by atoms with Gasteiger partial charge in [0.1, 0.15) is 5.01 Å². The summed E-state index contributed by atoms with van der Waals surface area (Å²) in [6.45, 7) is 8.22. The van der Waals surface area contributed by atoms with Crippen LogP contribution in [0, 0.1) is 27.7 Å². The van der Waals surface area contributed by atoms with E-state index in [0.29, 0.717) is 12.1 Å². The minimum Gasteiger partial charge on any atom is -0.345 e. The fourth-order valence-corrected chi connectivity index (χ4v) is 2.83. The first-order valence-corrected chi connectivity index (χ1v) is 6.93. The third-order valence-electron chi connectivity index (χ3n) is 3.21. The Morgan fingerprint density at radius 1 is 1.26 bits per heavy atom. The topological polar surface area (TPSA) is 59.8 Å². The van der Waals surface area contributed by atoms with Crippen molar-refractivity contribution in [2.75, 3.05) is 0 Å². The Balaban J connectivity index is 2.09. The molecule has 2 rings (SSSR count). The lowest BCUT2D eigenvalue weighted by Crippen LogP contribution is -2.24. The normalized spacial score (nSPS) is 10.8. The third kappa shape index (κ3) is 2.68. The minimum atomic E-state index is -0.0893. The Morgan fingerprint density at radius 2 is 1.95 bits per heavy atom. The zero-order valence-corrected chi connectivity index (χ0v) is 12.7. The molecular weight excluding hydrogens is 260 g/mol. The summed E-state index contributed by atoms with van der Waals surface area (Å²) in [6, 6.07) is 0. The number of carbonyl (C=O) groups is 1. The van der Waals surface area contributed by atoms with E-state index in [1.54, 1.807) is 16.0 Å². The highest BCUT2D eigenvalue weighted by Crippen LogP contribution is 2.17. The van der Waals surface area contributed by atoms with E-state index in [-0.39, 0.29) is 5.91 Å². The highest BCUT2D eigenvalue weighted by atomic mass is 32.1. The van der Waals surface area contributed by atoms with E-state index in [1.807, 2.05) is 34.7 Å². The van der Waals surface area contributed by atoms with Crippen LogP contribution in [0.4, 0.5) is 0 Å². The van der Waals surface area contributed by atoms with Crippen LogP contribution in [0.2, 0.25) is 0 Å². The van der Waals surface area contributed by atoms with E-state index in [0.717, 1.165) is 22.1 Å². The molecule has 0 saturated carbocycles. The maximum absolute atomic E-state index is 12.2. The zero-order chi connectivity index (χ0) is 14.2. The Kier molecular flexibility index (Phi) is 3.71. The molecule has 0 atom stereocenters. The van der Waals surface area contributed by atoms with Crippen LogP contribution >= 0.6 is 11.3 Å². The summed E-state index contributed by atoms with van der Waals surface area (Å²) < 4.78 is 1.72. The molecule has 1 N–H and O–H groups in total. The van der Waals surface area contributed by atoms with Crippen molar-refractivity contribution in [1.82, 2.24) is 20.1 Å². The molecule has 0 saturated heterocycles. The first kappa shape index (κ1) is 13.7. The third-order valence-corrected chi connectivity index (χ3v) is 4.28. The van der Waals surface area contributed by atoms with E-state index in [1.165, 1.54) is 4.88 Å². The first-order valence-electron chi connectivity index (χ1n) is 6.11. The average Bonchev–Trinajstić information content (AvgIpc) is 2.78. The summed E-state index contributed by atoms with van der Waals surface area (Å²) >= 11 is 1.62. The Morgan fingerprint density at radius 3 is 2.42 bits per heavy atom. The van der Waals surface area contributed by atoms with E-state index >= 15 is 0 Å². The summed E-state index contributed by atoms with van der Waals surface area (Å²) in [5, 5.41) is 8.09. The van der Waals surface area contributed by atoms with E-state index in [2.05, 4.69) is 15.4 Å². The molecule has 2 aromatic rings. The van der Waals surface area contributed by atoms with Crippen molar-refractivity contribution in [2.45, 2.75) is 34.2 Å². The molecule has 2 aromatic heterocycles. The number of rotatable bonds is 3. The van der Waals surface area contributed by atoms with Gasteiger partial charge in [-0.25, -0.2) is 4.98 Å². The Labute approximate surface area is 116 Å². The molecule has 102 valence electrons. The molecule has 0 spiro atoms. The van der Waals surface area contributed by atoms with Gasteiger partial charge in [0, 0.05) is 17.6 Å². The lowest BCUT2D eigenvalue weighted by Gasteiger charge is -2.03. The number of nitrogens with one attached hydrogen (secondary N) is 1. The standard InChI is InChI=1S/C13H18N4OS/c1-7-10(4)19-11(15-7)6-14-13(18)12-8(2)16-17(5)9(12)3/h6H2,1-5H3,(H,14,18). The molecule has 6 heteroatoms. The van der Waals surface area contributed by atoms with Gasteiger partial charge in [0.05, 0.1) is 23.5 Å². The van der Waals surface area contributed by atoms with E-state index < -0.39 is 0 Å². The van der Waals surface area contributed by atoms with E-state index in [9.17, 15) is 4.79 Å². The SMILES string of the molecule is Cc1nc(CNC(=O)c2c(C)nn(C)c2C)sc1C. The Bertz CT molecular complexity index is 607. The molecule has 1 amide bonds. The smallest absolute Gasteiger partial charge is 0.255 e. The molecule has 5 nitrogen and oxygen atoms in total. The van der Waals surface area contributed by atoms with Crippen molar-refractivity contribution in [3.8, 4) is 0 Å². The number of amides is 1. The molecule has 0 unspecified atom stereocenters. The molecule has 0 aromatic carbocycles. The molecule has 0 aliphatic heterocycles. The van der Waals surface area contributed by atoms with Crippen molar-refractivity contribution in [1.29, 1.82) is 0 Å². The summed E-state index contributed by atoms with van der Waals surface area (Å²) in [5.41, 5.74) is 3.32. The first-order chi connectivity index (χ1) is 8.90. The highest BCUT2D eigenvalue weighted by molar-refractivity contribution is 7.11. The van der Waals surface area contributed by atoms with Gasteiger partial charge < -0.3 is 5.32 Å². The number of hydrogen-bond acceptors (Lipinski definition) is 4. The Hall–Kier alpha value is -1.69. The van der Waals surface area contributed by atoms with Crippen LogP contribution in [-0.4, -0.2) is 20.7 Å². The van der Waals surface area contributed by atoms with Crippen LogP contribution in [0.15, 0.2) is 0 Å². The second-order valence-electron chi connectivity index (χ2n) is 4.60. The van der Waals surface area contributed by atoms with Gasteiger partial charge in [-0.3, -0.25) is 9.48 Å². The molecule has 0 bridgehead atoms. The predicted octanol–water partition coefficient (Wildman–Crippen LogP) is 2.04. The summed E-state index contributed by atoms with van der Waals surface area (Å²) in [7, 11) is 1.84. The number of thiazole rings is 1. The number of aryl methyl sites for hydroxylation is 4. The number of nitrogens with zero attached hydrogens (tertiary/aromatic N) is 3. The number of carbonyl (C=O) groups excluding carboxylic acids is 1. The molecule has 0 aliphatic carbocycles. The lowest BCUT2D eigenvalue weighted by atomic mass is 10.2. The minimum absolute atomic E-state index is 0.0893. The van der Waals surface area contributed by atoms with Gasteiger partial charge in [-0.05, 0) is 27.7 Å². The molecule has 0 radical (unpaired) electrons. The van der Waals surface area contributed by atoms with Gasteiger partial charge in [-0.15, -0.1) is 11.3 Å². The fraction of sp³-hybridized carbons (Fsp3) is 0.462. The van der Waals surface area contributed by atoms with Gasteiger partial charge in [0.2, 0.25) is 0 Å². The number of hydrogen-bond donors (Lipinski definition) is 1. The molecule has 0 fully saturated rings. The van der Waals surface area contributed by atoms with Gasteiger partial charge >= 0.3 is 0 Å². The maximum Gasteiger partial charge on any atom is 0.255 e. The molecular formula is C13H18N4OS. The summed E-state index contributed by atoms with van der Waals surface area (Å²) in [4.78, 5) is 17.8. The second kappa shape index (κ2) is 5.13. The van der Waals surface area contributed by atoms with Crippen molar-refractivity contribution < 1.29 is 4.79 Å². The molecule has 2 heterocycles. The summed E-state index contributed by atoms with van der Waals surface area (Å²) in [5.74, 6) is -0.0893. The van der Waals surface area contributed by atoms with E-state index in [4.69, 9.17) is 0 Å². The maximum atomic E-state index is 12.2. The van der Waals surface area contributed by atoms with Gasteiger partial charge in [0.15, 0.2) is 0 Å². The average molecular weight is 278 g/mol. The lowest BCUT2D eigenvalue weighted by molar-refractivity contribution is 0.0949. The monoisotopic (exact) mass is 278 g/mol. The van der Waals surface area contributed by atoms with Crippen molar-refractivity contribution in [2.24, 2.45) is 7.05 Å².